The summed E-state index contributed by atoms with van der Waals surface area (Å²) in [4.78, 5) is 54.8. The van der Waals surface area contributed by atoms with Gasteiger partial charge in [0.15, 0.2) is 0 Å². The second-order valence-corrected chi connectivity index (χ2v) is 12.7. The van der Waals surface area contributed by atoms with Crippen LogP contribution in [0.25, 0.3) is 0 Å². The van der Waals surface area contributed by atoms with Crippen LogP contribution in [0.4, 0.5) is 10.0 Å². The van der Waals surface area contributed by atoms with Crippen LogP contribution in [0.2, 0.25) is 0 Å². The van der Waals surface area contributed by atoms with Crippen molar-refractivity contribution in [2.45, 2.75) is 78.1 Å². The fourth-order valence-electron chi connectivity index (χ4n) is 5.65. The molecule has 3 aromatic rings. The van der Waals surface area contributed by atoms with Gasteiger partial charge in [-0.15, -0.1) is 22.7 Å². The summed E-state index contributed by atoms with van der Waals surface area (Å²) in [5.41, 5.74) is 3.43. The molecule has 10 heteroatoms. The maximum Gasteiger partial charge on any atom is 0.341 e. The van der Waals surface area contributed by atoms with Gasteiger partial charge >= 0.3 is 11.9 Å². The van der Waals surface area contributed by atoms with Gasteiger partial charge in [-0.2, -0.15) is 0 Å². The molecule has 0 aliphatic heterocycles. The summed E-state index contributed by atoms with van der Waals surface area (Å²) >= 11 is 2.87. The number of amides is 2. The molecule has 0 bridgehead atoms. The summed E-state index contributed by atoms with van der Waals surface area (Å²) in [6.45, 7) is 4.03. The Morgan fingerprint density at radius 3 is 1.52 bits per heavy atom. The van der Waals surface area contributed by atoms with Crippen LogP contribution in [0.1, 0.15) is 115 Å². The van der Waals surface area contributed by atoms with Crippen molar-refractivity contribution >= 4 is 56.4 Å². The zero-order chi connectivity index (χ0) is 29.6. The lowest BCUT2D eigenvalue weighted by Crippen LogP contribution is -2.18. The third kappa shape index (κ3) is 6.44. The monoisotopic (exact) mass is 608 g/mol. The Morgan fingerprint density at radius 1 is 0.667 bits per heavy atom. The highest BCUT2D eigenvalue weighted by molar-refractivity contribution is 7.17. The molecule has 2 amide bonds. The number of hydrogen-bond acceptors (Lipinski definition) is 8. The second kappa shape index (κ2) is 13.6. The Hall–Kier alpha value is -3.50. The summed E-state index contributed by atoms with van der Waals surface area (Å²) < 4.78 is 10.7. The summed E-state index contributed by atoms with van der Waals surface area (Å²) in [7, 11) is 0. The van der Waals surface area contributed by atoms with Crippen molar-refractivity contribution < 1.29 is 28.7 Å². The molecule has 0 spiro atoms. The Labute approximate surface area is 253 Å². The van der Waals surface area contributed by atoms with Gasteiger partial charge in [-0.1, -0.05) is 18.9 Å². The van der Waals surface area contributed by atoms with Gasteiger partial charge in [0.25, 0.3) is 11.8 Å². The van der Waals surface area contributed by atoms with Crippen molar-refractivity contribution in [1.29, 1.82) is 0 Å². The van der Waals surface area contributed by atoms with E-state index in [4.69, 9.17) is 9.47 Å². The van der Waals surface area contributed by atoms with Crippen LogP contribution in [-0.4, -0.2) is 37.0 Å². The van der Waals surface area contributed by atoms with Crippen LogP contribution >= 0.6 is 22.7 Å². The molecule has 222 valence electrons. The Balaban J connectivity index is 1.38. The molecule has 2 aliphatic carbocycles. The predicted molar refractivity (Wildman–Crippen MR) is 165 cm³/mol. The SMILES string of the molecule is CCOC(=O)c1c(NC(=O)c2cccc(C(=O)Nc3sc4c(c3C(=O)OCC)CCCCC4)c2)sc2c1CCCCC2. The predicted octanol–water partition coefficient (Wildman–Crippen LogP) is 7.21. The maximum atomic E-state index is 13.4. The first kappa shape index (κ1) is 30.0. The van der Waals surface area contributed by atoms with Crippen molar-refractivity contribution in [1.82, 2.24) is 0 Å². The molecule has 8 nitrogen and oxygen atoms in total. The molecule has 1 aromatic carbocycles. The molecular formula is C32H36N2O6S2. The summed E-state index contributed by atoms with van der Waals surface area (Å²) in [5, 5.41) is 6.82. The second-order valence-electron chi connectivity index (χ2n) is 10.5. The number of rotatable bonds is 8. The Morgan fingerprint density at radius 2 is 1.10 bits per heavy atom. The van der Waals surface area contributed by atoms with Crippen LogP contribution in [0.5, 0.6) is 0 Å². The smallest absolute Gasteiger partial charge is 0.341 e. The molecule has 2 aliphatic rings. The van der Waals surface area contributed by atoms with Crippen molar-refractivity contribution in [2.75, 3.05) is 23.8 Å². The number of nitrogens with one attached hydrogen (secondary N) is 2. The number of thiophene rings is 2. The van der Waals surface area contributed by atoms with E-state index in [-0.39, 0.29) is 24.3 Å². The molecule has 2 heterocycles. The molecule has 0 fully saturated rings. The molecule has 5 rings (SSSR count). The first-order chi connectivity index (χ1) is 20.4. The number of fused-ring (bicyclic) bond motifs is 2. The van der Waals surface area contributed by atoms with Gasteiger partial charge in [0.2, 0.25) is 0 Å². The summed E-state index contributed by atoms with van der Waals surface area (Å²) in [6.07, 6.45) is 9.60. The van der Waals surface area contributed by atoms with Crippen molar-refractivity contribution in [2.24, 2.45) is 0 Å². The first-order valence-corrected chi connectivity index (χ1v) is 16.4. The number of anilines is 2. The van der Waals surface area contributed by atoms with Crippen LogP contribution in [0, 0.1) is 0 Å². The van der Waals surface area contributed by atoms with Crippen LogP contribution < -0.4 is 10.6 Å². The molecule has 0 radical (unpaired) electrons. The minimum absolute atomic E-state index is 0.249. The van der Waals surface area contributed by atoms with E-state index in [0.29, 0.717) is 21.1 Å². The van der Waals surface area contributed by atoms with Gasteiger partial charge in [0, 0.05) is 20.9 Å². The lowest BCUT2D eigenvalue weighted by atomic mass is 10.0. The van der Waals surface area contributed by atoms with E-state index >= 15 is 0 Å². The van der Waals surface area contributed by atoms with Gasteiger partial charge in [0.1, 0.15) is 10.0 Å². The number of carbonyl (C=O) groups is 4. The van der Waals surface area contributed by atoms with Gasteiger partial charge in [-0.25, -0.2) is 9.59 Å². The topological polar surface area (TPSA) is 111 Å². The lowest BCUT2D eigenvalue weighted by molar-refractivity contribution is 0.0517. The lowest BCUT2D eigenvalue weighted by Gasteiger charge is -2.10. The van der Waals surface area contributed by atoms with E-state index in [1.807, 2.05) is 0 Å². The first-order valence-electron chi connectivity index (χ1n) is 14.8. The largest absolute Gasteiger partial charge is 0.462 e. The molecular weight excluding hydrogens is 572 g/mol. The van der Waals surface area contributed by atoms with Gasteiger partial charge in [0.05, 0.1) is 24.3 Å². The molecule has 0 unspecified atom stereocenters. The number of ether oxygens (including phenoxy) is 2. The van der Waals surface area contributed by atoms with Crippen molar-refractivity contribution in [3.8, 4) is 0 Å². The maximum absolute atomic E-state index is 13.4. The normalized spacial score (nSPS) is 14.5. The van der Waals surface area contributed by atoms with Gasteiger partial charge < -0.3 is 20.1 Å². The summed E-state index contributed by atoms with van der Waals surface area (Å²) in [6, 6.07) is 6.43. The minimum Gasteiger partial charge on any atom is -0.462 e. The van der Waals surface area contributed by atoms with Gasteiger partial charge in [-0.05, 0) is 94.5 Å². The number of esters is 2. The Kier molecular flexibility index (Phi) is 9.74. The van der Waals surface area contributed by atoms with Crippen LogP contribution in [0.15, 0.2) is 24.3 Å². The molecule has 42 heavy (non-hydrogen) atoms. The standard InChI is InChI=1S/C32H36N2O6S2/c1-3-39-31(37)25-21-14-7-5-9-16-23(21)41-29(25)33-27(35)19-12-11-13-20(18-19)28(36)34-30-26(32(38)40-4-2)22-15-8-6-10-17-24(22)42-30/h11-13,18H,3-10,14-17H2,1-2H3,(H,33,35)(H,34,36). The van der Waals surface area contributed by atoms with E-state index in [2.05, 4.69) is 10.6 Å². The average molecular weight is 609 g/mol. The van der Waals surface area contributed by atoms with E-state index < -0.39 is 23.8 Å². The fraction of sp³-hybridized carbons (Fsp3) is 0.438. The quantitative estimate of drug-likeness (QED) is 0.207. The van der Waals surface area contributed by atoms with Crippen molar-refractivity contribution in [3.63, 3.8) is 0 Å². The minimum atomic E-state index is -0.424. The van der Waals surface area contributed by atoms with E-state index in [9.17, 15) is 19.2 Å². The zero-order valence-electron chi connectivity index (χ0n) is 24.1. The number of hydrogen-bond donors (Lipinski definition) is 2. The number of benzene rings is 1. The van der Waals surface area contributed by atoms with Crippen LogP contribution in [0.3, 0.4) is 0 Å². The Bertz CT molecular complexity index is 1400. The zero-order valence-corrected chi connectivity index (χ0v) is 25.7. The van der Waals surface area contributed by atoms with Crippen molar-refractivity contribution in [3.05, 3.63) is 67.4 Å². The van der Waals surface area contributed by atoms with Crippen LogP contribution in [-0.2, 0) is 35.2 Å². The molecule has 0 atom stereocenters. The summed E-state index contributed by atoms with van der Waals surface area (Å²) in [5.74, 6) is -1.68. The average Bonchev–Trinajstić information content (AvgIpc) is 3.26. The molecule has 0 saturated carbocycles. The molecule has 2 aromatic heterocycles. The molecule has 2 N–H and O–H groups in total. The van der Waals surface area contributed by atoms with E-state index in [1.54, 1.807) is 32.0 Å². The number of carbonyl (C=O) groups excluding carboxylic acids is 4. The highest BCUT2D eigenvalue weighted by Crippen LogP contribution is 2.39. The van der Waals surface area contributed by atoms with Gasteiger partial charge in [-0.3, -0.25) is 9.59 Å². The third-order valence-corrected chi connectivity index (χ3v) is 10.1. The van der Waals surface area contributed by atoms with E-state index in [1.165, 1.54) is 28.7 Å². The molecule has 0 saturated heterocycles. The van der Waals surface area contributed by atoms with E-state index in [0.717, 1.165) is 85.1 Å². The highest BCUT2D eigenvalue weighted by Gasteiger charge is 2.28. The third-order valence-electron chi connectivity index (χ3n) is 7.64. The number of aryl methyl sites for hydroxylation is 2. The fourth-order valence-corrected chi connectivity index (χ4v) is 8.20. The highest BCUT2D eigenvalue weighted by atomic mass is 32.1.